The van der Waals surface area contributed by atoms with Crippen LogP contribution in [0.15, 0.2) is 72.8 Å². The lowest BCUT2D eigenvalue weighted by Gasteiger charge is -2.49. The van der Waals surface area contributed by atoms with Crippen molar-refractivity contribution in [2.45, 2.75) is 51.6 Å². The molecule has 4 nitrogen and oxygen atoms in total. The first-order valence-corrected chi connectivity index (χ1v) is 13.4. The Morgan fingerprint density at radius 2 is 1.57 bits per heavy atom. The Morgan fingerprint density at radius 1 is 0.838 bits per heavy atom. The zero-order valence-electron chi connectivity index (χ0n) is 21.5. The second-order valence-electron chi connectivity index (χ2n) is 11.4. The first-order chi connectivity index (χ1) is 17.9. The smallest absolute Gasteiger partial charge is 0.193 e. The molecule has 0 unspecified atom stereocenters. The van der Waals surface area contributed by atoms with Crippen LogP contribution in [-0.4, -0.2) is 21.4 Å². The van der Waals surface area contributed by atoms with Gasteiger partial charge in [-0.05, 0) is 56.7 Å². The minimum absolute atomic E-state index is 0.00353. The fourth-order valence-corrected chi connectivity index (χ4v) is 6.79. The Morgan fingerprint density at radius 3 is 2.38 bits per heavy atom. The molecule has 4 heteroatoms. The molecule has 0 saturated heterocycles. The zero-order valence-corrected chi connectivity index (χ0v) is 21.5. The second-order valence-corrected chi connectivity index (χ2v) is 11.4. The molecule has 0 spiro atoms. The molecule has 0 bridgehead atoms. The molecule has 0 N–H and O–H groups in total. The van der Waals surface area contributed by atoms with E-state index >= 15 is 0 Å². The molecule has 1 saturated carbocycles. The van der Waals surface area contributed by atoms with Crippen molar-refractivity contribution >= 4 is 38.6 Å². The Labute approximate surface area is 216 Å². The van der Waals surface area contributed by atoms with E-state index in [4.69, 9.17) is 14.7 Å². The van der Waals surface area contributed by atoms with Crippen molar-refractivity contribution in [1.29, 1.82) is 0 Å². The molecule has 0 amide bonds. The second kappa shape index (κ2) is 8.11. The Hall–Kier alpha value is -3.79. The van der Waals surface area contributed by atoms with Gasteiger partial charge in [-0.3, -0.25) is 4.79 Å². The highest BCUT2D eigenvalue weighted by Gasteiger charge is 2.47. The molecular weight excluding hydrogens is 456 g/mol. The van der Waals surface area contributed by atoms with Crippen LogP contribution in [0.2, 0.25) is 0 Å². The van der Waals surface area contributed by atoms with Crippen LogP contribution < -0.4 is 4.74 Å². The average Bonchev–Trinajstić information content (AvgIpc) is 2.91. The number of hydrogen-bond acceptors (Lipinski definition) is 4. The number of fused-ring (bicyclic) bond motifs is 9. The lowest BCUT2D eigenvalue weighted by Crippen LogP contribution is -2.46. The molecule has 2 heterocycles. The molecule has 1 aromatic heterocycles. The van der Waals surface area contributed by atoms with Crippen molar-refractivity contribution in [3.05, 3.63) is 89.5 Å². The summed E-state index contributed by atoms with van der Waals surface area (Å²) >= 11 is 0. The first-order valence-electron chi connectivity index (χ1n) is 13.4. The largest absolute Gasteiger partial charge is 0.487 e. The number of nitrogens with zero attached hydrogens (tertiary/aromatic N) is 2. The molecule has 7 rings (SSSR count). The maximum absolute atomic E-state index is 13.2. The average molecular weight is 487 g/mol. The topological polar surface area (TPSA) is 52.1 Å². The van der Waals surface area contributed by atoms with Gasteiger partial charge in [-0.2, -0.15) is 0 Å². The number of hydrogen-bond donors (Lipinski definition) is 0. The van der Waals surface area contributed by atoms with Crippen molar-refractivity contribution in [2.75, 3.05) is 0 Å². The van der Waals surface area contributed by atoms with Gasteiger partial charge in [-0.25, -0.2) is 9.97 Å². The third kappa shape index (κ3) is 3.46. The number of carbonyl (C=O) groups excluding carboxylic acids is 1. The number of benzene rings is 4. The van der Waals surface area contributed by atoms with Crippen LogP contribution in [0.1, 0.15) is 67.4 Å². The number of aromatic nitrogens is 2. The predicted octanol–water partition coefficient (Wildman–Crippen LogP) is 7.86. The van der Waals surface area contributed by atoms with Crippen molar-refractivity contribution < 1.29 is 9.53 Å². The summed E-state index contributed by atoms with van der Waals surface area (Å²) in [5, 5.41) is 2.17. The summed E-state index contributed by atoms with van der Waals surface area (Å²) in [6.07, 6.45) is 3.52. The number of rotatable bonds is 2. The van der Waals surface area contributed by atoms with Gasteiger partial charge in [0.1, 0.15) is 11.4 Å². The third-order valence-corrected chi connectivity index (χ3v) is 8.63. The highest BCUT2D eigenvalue weighted by molar-refractivity contribution is 6.13. The zero-order chi connectivity index (χ0) is 25.3. The summed E-state index contributed by atoms with van der Waals surface area (Å²) in [7, 11) is 0. The van der Waals surface area contributed by atoms with Gasteiger partial charge in [0, 0.05) is 33.4 Å². The van der Waals surface area contributed by atoms with E-state index in [1.165, 1.54) is 12.0 Å². The summed E-state index contributed by atoms with van der Waals surface area (Å²) in [6.45, 7) is 6.86. The van der Waals surface area contributed by atoms with Crippen LogP contribution >= 0.6 is 0 Å². The Balaban J connectivity index is 1.51. The summed E-state index contributed by atoms with van der Waals surface area (Å²) < 4.78 is 6.86. The first kappa shape index (κ1) is 22.4. The van der Waals surface area contributed by atoms with Gasteiger partial charge in [0.15, 0.2) is 5.78 Å². The fourth-order valence-electron chi connectivity index (χ4n) is 6.79. The minimum atomic E-state index is -0.242. The van der Waals surface area contributed by atoms with Crippen LogP contribution in [0.5, 0.6) is 5.75 Å². The standard InChI is InChI=1S/C33H30N2O2/c1-19-13-15-25-24(17-19)28-30-29(22-11-7-8-12-23(22)32(28)37-33(25,2)3)34-26-16-14-21(18-27(26)35-30)31(36)20-9-5-4-6-10-20/h4-12,14,16,18-19,24-25H,13,15,17H2,1-3H3/t19-,24-,25-/m0/s1. The molecule has 4 aromatic carbocycles. The molecule has 5 aromatic rings. The summed E-state index contributed by atoms with van der Waals surface area (Å²) in [6, 6.07) is 23.5. The van der Waals surface area contributed by atoms with Gasteiger partial charge in [-0.1, -0.05) is 67.9 Å². The number of ketones is 1. The van der Waals surface area contributed by atoms with Crippen molar-refractivity contribution in [1.82, 2.24) is 9.97 Å². The SMILES string of the molecule is C[C@H]1CC[C@H]2[C@H](C1)c1c(c3ccccc3c3nc4ccc(C(=O)c5ccccc5)cc4nc13)OC2(C)C. The van der Waals surface area contributed by atoms with Crippen LogP contribution in [0.4, 0.5) is 0 Å². The van der Waals surface area contributed by atoms with Gasteiger partial charge in [0.2, 0.25) is 0 Å². The number of ether oxygens (including phenoxy) is 1. The van der Waals surface area contributed by atoms with Crippen LogP contribution in [0, 0.1) is 11.8 Å². The van der Waals surface area contributed by atoms with E-state index in [9.17, 15) is 4.79 Å². The molecule has 3 atom stereocenters. The van der Waals surface area contributed by atoms with Crippen LogP contribution in [0.25, 0.3) is 32.8 Å². The quantitative estimate of drug-likeness (QED) is 0.145. The molecule has 0 radical (unpaired) electrons. The van der Waals surface area contributed by atoms with Crippen molar-refractivity contribution in [2.24, 2.45) is 11.8 Å². The Bertz CT molecular complexity index is 1710. The summed E-state index contributed by atoms with van der Waals surface area (Å²) in [5.41, 5.74) is 5.66. The molecule has 1 aliphatic carbocycles. The van der Waals surface area contributed by atoms with E-state index in [0.717, 1.165) is 51.4 Å². The number of carbonyl (C=O) groups is 1. The normalized spacial score (nSPS) is 22.4. The van der Waals surface area contributed by atoms with E-state index in [2.05, 4.69) is 45.0 Å². The van der Waals surface area contributed by atoms with E-state index in [1.807, 2.05) is 48.5 Å². The van der Waals surface area contributed by atoms with Gasteiger partial charge in [0.25, 0.3) is 0 Å². The van der Waals surface area contributed by atoms with Crippen molar-refractivity contribution in [3.63, 3.8) is 0 Å². The Kier molecular flexibility index (Phi) is 4.91. The maximum atomic E-state index is 13.2. The van der Waals surface area contributed by atoms with Gasteiger partial charge in [-0.15, -0.1) is 0 Å². The monoisotopic (exact) mass is 486 g/mol. The molecule has 37 heavy (non-hydrogen) atoms. The molecular formula is C33H30N2O2. The lowest BCUT2D eigenvalue weighted by atomic mass is 9.64. The van der Waals surface area contributed by atoms with Crippen LogP contribution in [-0.2, 0) is 0 Å². The maximum Gasteiger partial charge on any atom is 0.193 e. The van der Waals surface area contributed by atoms with E-state index in [-0.39, 0.29) is 11.4 Å². The lowest BCUT2D eigenvalue weighted by molar-refractivity contribution is -0.0115. The predicted molar refractivity (Wildman–Crippen MR) is 148 cm³/mol. The molecule has 1 aliphatic heterocycles. The van der Waals surface area contributed by atoms with Crippen molar-refractivity contribution in [3.8, 4) is 5.75 Å². The van der Waals surface area contributed by atoms with Gasteiger partial charge >= 0.3 is 0 Å². The fraction of sp³-hybridized carbons (Fsp3) is 0.303. The third-order valence-electron chi connectivity index (χ3n) is 8.63. The minimum Gasteiger partial charge on any atom is -0.487 e. The van der Waals surface area contributed by atoms with E-state index in [0.29, 0.717) is 28.9 Å². The van der Waals surface area contributed by atoms with Crippen LogP contribution in [0.3, 0.4) is 0 Å². The summed E-state index contributed by atoms with van der Waals surface area (Å²) in [4.78, 5) is 23.6. The molecule has 184 valence electrons. The van der Waals surface area contributed by atoms with Gasteiger partial charge < -0.3 is 4.74 Å². The molecule has 2 aliphatic rings. The van der Waals surface area contributed by atoms with E-state index in [1.54, 1.807) is 0 Å². The molecule has 1 fully saturated rings. The van der Waals surface area contributed by atoms with Gasteiger partial charge in [0.05, 0.1) is 22.1 Å². The highest BCUT2D eigenvalue weighted by atomic mass is 16.5. The highest BCUT2D eigenvalue weighted by Crippen LogP contribution is 2.56. The summed E-state index contributed by atoms with van der Waals surface area (Å²) in [5.74, 6) is 2.43. The van der Waals surface area contributed by atoms with E-state index < -0.39 is 0 Å².